The van der Waals surface area contributed by atoms with Crippen molar-refractivity contribution in [1.29, 1.82) is 0 Å². The predicted molar refractivity (Wildman–Crippen MR) is 83.3 cm³/mol. The SMILES string of the molecule is CC(C)c1nnsc1CNC(=O)C1CCc2ccccc21. The van der Waals surface area contributed by atoms with E-state index in [4.69, 9.17) is 0 Å². The second-order valence-corrected chi connectivity index (χ2v) is 6.58. The highest BCUT2D eigenvalue weighted by Crippen LogP contribution is 2.33. The van der Waals surface area contributed by atoms with Gasteiger partial charge >= 0.3 is 0 Å². The molecule has 0 fully saturated rings. The molecule has 0 saturated carbocycles. The molecule has 1 aliphatic carbocycles. The molecular weight excluding hydrogens is 282 g/mol. The Morgan fingerprint density at radius 1 is 1.43 bits per heavy atom. The summed E-state index contributed by atoms with van der Waals surface area (Å²) in [6.07, 6.45) is 1.90. The number of nitrogens with zero attached hydrogens (tertiary/aromatic N) is 2. The third-order valence-electron chi connectivity index (χ3n) is 4.00. The molecule has 3 rings (SSSR count). The lowest BCUT2D eigenvalue weighted by molar-refractivity contribution is -0.122. The maximum Gasteiger partial charge on any atom is 0.227 e. The van der Waals surface area contributed by atoms with E-state index in [9.17, 15) is 4.79 Å². The number of carbonyl (C=O) groups is 1. The van der Waals surface area contributed by atoms with Gasteiger partial charge in [-0.2, -0.15) is 0 Å². The number of aryl methyl sites for hydroxylation is 1. The van der Waals surface area contributed by atoms with Crippen molar-refractivity contribution in [3.63, 3.8) is 0 Å². The molecule has 4 nitrogen and oxygen atoms in total. The van der Waals surface area contributed by atoms with Gasteiger partial charge in [0.25, 0.3) is 0 Å². The maximum absolute atomic E-state index is 12.4. The van der Waals surface area contributed by atoms with E-state index in [1.54, 1.807) is 0 Å². The number of fused-ring (bicyclic) bond motifs is 1. The Morgan fingerprint density at radius 2 is 2.24 bits per heavy atom. The minimum absolute atomic E-state index is 0.00965. The average molecular weight is 301 g/mol. The Balaban J connectivity index is 1.67. The van der Waals surface area contributed by atoms with E-state index in [0.717, 1.165) is 23.4 Å². The van der Waals surface area contributed by atoms with Crippen LogP contribution in [0.5, 0.6) is 0 Å². The van der Waals surface area contributed by atoms with E-state index in [-0.39, 0.29) is 11.8 Å². The first kappa shape index (κ1) is 14.2. The summed E-state index contributed by atoms with van der Waals surface area (Å²) in [7, 11) is 0. The molecule has 2 aromatic rings. The molecule has 0 spiro atoms. The molecule has 0 bridgehead atoms. The van der Waals surface area contributed by atoms with E-state index >= 15 is 0 Å². The summed E-state index contributed by atoms with van der Waals surface area (Å²) in [5.41, 5.74) is 3.48. The van der Waals surface area contributed by atoms with Crippen LogP contribution in [-0.2, 0) is 17.8 Å². The van der Waals surface area contributed by atoms with Gasteiger partial charge in [-0.15, -0.1) is 5.10 Å². The lowest BCUT2D eigenvalue weighted by Crippen LogP contribution is -2.28. The highest BCUT2D eigenvalue weighted by molar-refractivity contribution is 7.05. The first-order chi connectivity index (χ1) is 10.2. The van der Waals surface area contributed by atoms with Crippen LogP contribution in [0.1, 0.15) is 53.8 Å². The summed E-state index contributed by atoms with van der Waals surface area (Å²) < 4.78 is 4.00. The van der Waals surface area contributed by atoms with Crippen LogP contribution in [0.2, 0.25) is 0 Å². The molecule has 0 aliphatic heterocycles. The zero-order valence-electron chi connectivity index (χ0n) is 12.3. The van der Waals surface area contributed by atoms with Crippen LogP contribution in [0.4, 0.5) is 0 Å². The van der Waals surface area contributed by atoms with Crippen LogP contribution in [0.15, 0.2) is 24.3 Å². The van der Waals surface area contributed by atoms with Gasteiger partial charge in [-0.1, -0.05) is 42.6 Å². The third-order valence-corrected chi connectivity index (χ3v) is 4.74. The fourth-order valence-electron chi connectivity index (χ4n) is 2.90. The minimum Gasteiger partial charge on any atom is -0.351 e. The number of hydrogen-bond acceptors (Lipinski definition) is 4. The zero-order chi connectivity index (χ0) is 14.8. The van der Waals surface area contributed by atoms with Gasteiger partial charge in [0.2, 0.25) is 5.91 Å². The largest absolute Gasteiger partial charge is 0.351 e. The van der Waals surface area contributed by atoms with Crippen molar-refractivity contribution in [2.75, 3.05) is 0 Å². The van der Waals surface area contributed by atoms with E-state index < -0.39 is 0 Å². The molecule has 5 heteroatoms. The highest BCUT2D eigenvalue weighted by Gasteiger charge is 2.28. The van der Waals surface area contributed by atoms with Gasteiger partial charge in [0.15, 0.2) is 0 Å². The van der Waals surface area contributed by atoms with Crippen molar-refractivity contribution in [2.24, 2.45) is 0 Å². The monoisotopic (exact) mass is 301 g/mol. The van der Waals surface area contributed by atoms with Crippen molar-refractivity contribution in [3.8, 4) is 0 Å². The molecule has 1 N–H and O–H groups in total. The fourth-order valence-corrected chi connectivity index (χ4v) is 3.63. The van der Waals surface area contributed by atoms with Crippen LogP contribution in [-0.4, -0.2) is 15.5 Å². The first-order valence-corrected chi connectivity index (χ1v) is 8.10. The van der Waals surface area contributed by atoms with Crippen LogP contribution in [0.3, 0.4) is 0 Å². The van der Waals surface area contributed by atoms with Crippen molar-refractivity contribution >= 4 is 17.4 Å². The second-order valence-electron chi connectivity index (χ2n) is 5.74. The summed E-state index contributed by atoms with van der Waals surface area (Å²) in [5, 5.41) is 7.20. The van der Waals surface area contributed by atoms with Crippen molar-refractivity contribution in [1.82, 2.24) is 14.9 Å². The normalized spacial score (nSPS) is 17.0. The number of aromatic nitrogens is 2. The summed E-state index contributed by atoms with van der Waals surface area (Å²) >= 11 is 1.37. The van der Waals surface area contributed by atoms with Gasteiger partial charge < -0.3 is 5.32 Å². The van der Waals surface area contributed by atoms with Gasteiger partial charge in [-0.05, 0) is 41.4 Å². The van der Waals surface area contributed by atoms with E-state index in [1.165, 1.54) is 22.7 Å². The van der Waals surface area contributed by atoms with Gasteiger partial charge in [0.05, 0.1) is 23.0 Å². The van der Waals surface area contributed by atoms with Crippen molar-refractivity contribution in [2.45, 2.75) is 45.1 Å². The number of amides is 1. The Hall–Kier alpha value is -1.75. The quantitative estimate of drug-likeness (QED) is 0.944. The molecule has 110 valence electrons. The molecular formula is C16H19N3OS. The van der Waals surface area contributed by atoms with Gasteiger partial charge in [-0.3, -0.25) is 4.79 Å². The molecule has 0 radical (unpaired) electrons. The fraction of sp³-hybridized carbons (Fsp3) is 0.438. The number of carbonyl (C=O) groups excluding carboxylic acids is 1. The molecule has 1 unspecified atom stereocenters. The molecule has 1 atom stereocenters. The molecule has 1 aromatic carbocycles. The summed E-state index contributed by atoms with van der Waals surface area (Å²) in [4.78, 5) is 13.5. The number of rotatable bonds is 4. The van der Waals surface area contributed by atoms with E-state index in [0.29, 0.717) is 12.5 Å². The standard InChI is InChI=1S/C16H19N3OS/c1-10(2)15-14(21-19-18-15)9-17-16(20)13-8-7-11-5-3-4-6-12(11)13/h3-6,10,13H,7-9H2,1-2H3,(H,17,20). The van der Waals surface area contributed by atoms with Crippen LogP contribution >= 0.6 is 11.5 Å². The Kier molecular flexibility index (Phi) is 4.01. The molecule has 1 aromatic heterocycles. The van der Waals surface area contributed by atoms with Gasteiger partial charge in [0, 0.05) is 0 Å². The lowest BCUT2D eigenvalue weighted by atomic mass is 10.0. The highest BCUT2D eigenvalue weighted by atomic mass is 32.1. The van der Waals surface area contributed by atoms with Crippen LogP contribution in [0.25, 0.3) is 0 Å². The Morgan fingerprint density at radius 3 is 3.05 bits per heavy atom. The molecule has 1 amide bonds. The third kappa shape index (κ3) is 2.83. The number of hydrogen-bond donors (Lipinski definition) is 1. The molecule has 0 saturated heterocycles. The zero-order valence-corrected chi connectivity index (χ0v) is 13.1. The smallest absolute Gasteiger partial charge is 0.227 e. The maximum atomic E-state index is 12.4. The average Bonchev–Trinajstić information content (AvgIpc) is 3.11. The first-order valence-electron chi connectivity index (χ1n) is 7.33. The van der Waals surface area contributed by atoms with Gasteiger partial charge in [-0.25, -0.2) is 0 Å². The summed E-state index contributed by atoms with van der Waals surface area (Å²) in [6.45, 7) is 4.72. The topological polar surface area (TPSA) is 54.9 Å². The van der Waals surface area contributed by atoms with Crippen LogP contribution < -0.4 is 5.32 Å². The van der Waals surface area contributed by atoms with Crippen molar-refractivity contribution in [3.05, 3.63) is 46.0 Å². The van der Waals surface area contributed by atoms with Crippen LogP contribution in [0, 0.1) is 0 Å². The Labute approximate surface area is 128 Å². The summed E-state index contributed by atoms with van der Waals surface area (Å²) in [6, 6.07) is 8.23. The predicted octanol–water partition coefficient (Wildman–Crippen LogP) is 3.01. The second kappa shape index (κ2) is 5.93. The minimum atomic E-state index is -0.00965. The van der Waals surface area contributed by atoms with E-state index in [2.05, 4.69) is 40.9 Å². The van der Waals surface area contributed by atoms with E-state index in [1.807, 2.05) is 12.1 Å². The molecule has 21 heavy (non-hydrogen) atoms. The Bertz CT molecular complexity index is 650. The lowest BCUT2D eigenvalue weighted by Gasteiger charge is -2.12. The molecule has 1 heterocycles. The number of benzene rings is 1. The summed E-state index contributed by atoms with van der Waals surface area (Å²) in [5.74, 6) is 0.440. The number of nitrogens with one attached hydrogen (secondary N) is 1. The van der Waals surface area contributed by atoms with Gasteiger partial charge in [0.1, 0.15) is 0 Å². The van der Waals surface area contributed by atoms with Crippen molar-refractivity contribution < 1.29 is 4.79 Å². The molecule has 1 aliphatic rings.